The van der Waals surface area contributed by atoms with E-state index in [0.717, 1.165) is 11.4 Å². The number of thioether (sulfide) groups is 1. The summed E-state index contributed by atoms with van der Waals surface area (Å²) in [4.78, 5) is 23.5. The second-order valence-corrected chi connectivity index (χ2v) is 7.03. The van der Waals surface area contributed by atoms with Crippen molar-refractivity contribution in [3.63, 3.8) is 0 Å². The maximum atomic E-state index is 13.4. The highest BCUT2D eigenvalue weighted by Gasteiger charge is 2.27. The van der Waals surface area contributed by atoms with Crippen molar-refractivity contribution in [2.45, 2.75) is 23.8 Å². The highest BCUT2D eigenvalue weighted by atomic mass is 32.2. The van der Waals surface area contributed by atoms with Gasteiger partial charge in [0.25, 0.3) is 0 Å². The van der Waals surface area contributed by atoms with E-state index < -0.39 is 0 Å². The van der Waals surface area contributed by atoms with Crippen molar-refractivity contribution >= 4 is 40.7 Å². The molecular formula is C20H21N5OS. The molecule has 1 aromatic heterocycles. The predicted octanol–water partition coefficient (Wildman–Crippen LogP) is 3.88. The topological polar surface area (TPSA) is 98.1 Å². The van der Waals surface area contributed by atoms with Gasteiger partial charge in [-0.2, -0.15) is 0 Å². The Bertz CT molecular complexity index is 845. The van der Waals surface area contributed by atoms with Crippen LogP contribution >= 0.6 is 11.8 Å². The summed E-state index contributed by atoms with van der Waals surface area (Å²) in [5, 5.41) is 0.0142. The molecule has 0 spiro atoms. The molecule has 0 radical (unpaired) electrons. The van der Waals surface area contributed by atoms with Crippen molar-refractivity contribution in [1.29, 1.82) is 0 Å². The zero-order valence-electron chi connectivity index (χ0n) is 14.9. The predicted molar refractivity (Wildman–Crippen MR) is 111 cm³/mol. The summed E-state index contributed by atoms with van der Waals surface area (Å²) in [6.45, 7) is 1.96. The first-order chi connectivity index (χ1) is 13.1. The molecule has 1 unspecified atom stereocenters. The van der Waals surface area contributed by atoms with E-state index in [4.69, 9.17) is 11.5 Å². The standard InChI is InChI=1S/C20H21N5OS/c1-2-16(27-20-23-17(21)13-18(22)24-20)19(26)25(14-9-5-3-6-10-14)15-11-7-4-8-12-15/h3-13,16H,2H2,1H3,(H4,21,22,23,24). The molecule has 1 atom stereocenters. The van der Waals surface area contributed by atoms with Gasteiger partial charge in [0.1, 0.15) is 11.6 Å². The summed E-state index contributed by atoms with van der Waals surface area (Å²) in [5.74, 6) is 0.523. The Labute approximate surface area is 162 Å². The number of benzene rings is 2. The number of aromatic nitrogens is 2. The summed E-state index contributed by atoms with van der Waals surface area (Å²) >= 11 is 1.27. The first-order valence-corrected chi connectivity index (χ1v) is 9.47. The number of amides is 1. The molecule has 138 valence electrons. The fourth-order valence-electron chi connectivity index (χ4n) is 2.65. The Balaban J connectivity index is 1.94. The number of hydrogen-bond acceptors (Lipinski definition) is 6. The van der Waals surface area contributed by atoms with E-state index in [9.17, 15) is 4.79 Å². The van der Waals surface area contributed by atoms with Crippen LogP contribution in [0.15, 0.2) is 71.9 Å². The molecule has 7 heteroatoms. The molecule has 1 heterocycles. The van der Waals surface area contributed by atoms with E-state index in [2.05, 4.69) is 9.97 Å². The van der Waals surface area contributed by atoms with E-state index in [1.165, 1.54) is 17.8 Å². The number of rotatable bonds is 6. The Morgan fingerprint density at radius 1 is 0.963 bits per heavy atom. The summed E-state index contributed by atoms with van der Waals surface area (Å²) in [7, 11) is 0. The van der Waals surface area contributed by atoms with Gasteiger partial charge in [0.05, 0.1) is 5.25 Å². The molecule has 0 fully saturated rings. The Kier molecular flexibility index (Phi) is 5.93. The van der Waals surface area contributed by atoms with Gasteiger partial charge >= 0.3 is 0 Å². The van der Waals surface area contributed by atoms with E-state index >= 15 is 0 Å². The van der Waals surface area contributed by atoms with Gasteiger partial charge in [-0.25, -0.2) is 9.97 Å². The zero-order valence-corrected chi connectivity index (χ0v) is 15.8. The van der Waals surface area contributed by atoms with Gasteiger partial charge in [0.15, 0.2) is 5.16 Å². The molecular weight excluding hydrogens is 358 g/mol. The first kappa shape index (κ1) is 18.7. The number of nitrogens with two attached hydrogens (primary N) is 2. The lowest BCUT2D eigenvalue weighted by atomic mass is 10.2. The molecule has 6 nitrogen and oxygen atoms in total. The molecule has 0 aliphatic carbocycles. The number of nitrogen functional groups attached to an aromatic ring is 2. The second kappa shape index (κ2) is 8.55. The minimum absolute atomic E-state index is 0.0514. The SMILES string of the molecule is CCC(Sc1nc(N)cc(N)n1)C(=O)N(c1ccccc1)c1ccccc1. The minimum atomic E-state index is -0.383. The van der Waals surface area contributed by atoms with Gasteiger partial charge in [0, 0.05) is 17.4 Å². The van der Waals surface area contributed by atoms with Crippen LogP contribution in [0.3, 0.4) is 0 Å². The third-order valence-electron chi connectivity index (χ3n) is 3.89. The van der Waals surface area contributed by atoms with E-state index in [1.807, 2.05) is 67.6 Å². The smallest absolute Gasteiger partial charge is 0.245 e. The third kappa shape index (κ3) is 4.57. The maximum Gasteiger partial charge on any atom is 0.245 e. The average Bonchev–Trinajstić information content (AvgIpc) is 2.67. The van der Waals surface area contributed by atoms with Crippen LogP contribution in [-0.4, -0.2) is 21.1 Å². The summed E-state index contributed by atoms with van der Waals surface area (Å²) < 4.78 is 0. The highest BCUT2D eigenvalue weighted by molar-refractivity contribution is 8.00. The first-order valence-electron chi connectivity index (χ1n) is 8.59. The van der Waals surface area contributed by atoms with Crippen LogP contribution in [0, 0.1) is 0 Å². The van der Waals surface area contributed by atoms with Crippen molar-refractivity contribution in [3.05, 3.63) is 66.7 Å². The van der Waals surface area contributed by atoms with Crippen LogP contribution in [0.2, 0.25) is 0 Å². The van der Waals surface area contributed by atoms with Crippen LogP contribution in [0.4, 0.5) is 23.0 Å². The Morgan fingerprint density at radius 2 is 1.44 bits per heavy atom. The van der Waals surface area contributed by atoms with Crippen molar-refractivity contribution in [1.82, 2.24) is 9.97 Å². The fourth-order valence-corrected chi connectivity index (χ4v) is 3.60. The second-order valence-electron chi connectivity index (χ2n) is 5.86. The molecule has 3 rings (SSSR count). The van der Waals surface area contributed by atoms with Crippen LogP contribution in [0.5, 0.6) is 0 Å². The molecule has 1 amide bonds. The molecule has 4 N–H and O–H groups in total. The number of nitrogens with zero attached hydrogens (tertiary/aromatic N) is 3. The number of hydrogen-bond donors (Lipinski definition) is 2. The lowest BCUT2D eigenvalue weighted by Crippen LogP contribution is -2.34. The summed E-state index contributed by atoms with van der Waals surface area (Å²) in [5.41, 5.74) is 13.1. The number of carbonyl (C=O) groups is 1. The lowest BCUT2D eigenvalue weighted by Gasteiger charge is -2.26. The normalized spacial score (nSPS) is 11.7. The fraction of sp³-hybridized carbons (Fsp3) is 0.150. The summed E-state index contributed by atoms with van der Waals surface area (Å²) in [6, 6.07) is 20.6. The molecule has 3 aromatic rings. The van der Waals surface area contributed by atoms with Gasteiger partial charge in [-0.15, -0.1) is 0 Å². The monoisotopic (exact) mass is 379 g/mol. The highest BCUT2D eigenvalue weighted by Crippen LogP contribution is 2.31. The molecule has 0 aliphatic heterocycles. The van der Waals surface area contributed by atoms with Crippen LogP contribution < -0.4 is 16.4 Å². The lowest BCUT2D eigenvalue weighted by molar-refractivity contribution is -0.117. The van der Waals surface area contributed by atoms with Crippen molar-refractivity contribution in [2.75, 3.05) is 16.4 Å². The molecule has 0 saturated heterocycles. The molecule has 27 heavy (non-hydrogen) atoms. The number of para-hydroxylation sites is 2. The van der Waals surface area contributed by atoms with Gasteiger partial charge in [-0.05, 0) is 30.7 Å². The van der Waals surface area contributed by atoms with Gasteiger partial charge in [-0.1, -0.05) is 55.1 Å². The van der Waals surface area contributed by atoms with Gasteiger partial charge < -0.3 is 11.5 Å². The van der Waals surface area contributed by atoms with Crippen molar-refractivity contribution in [3.8, 4) is 0 Å². The Morgan fingerprint density at radius 3 is 1.89 bits per heavy atom. The minimum Gasteiger partial charge on any atom is -0.383 e. The third-order valence-corrected chi connectivity index (χ3v) is 5.10. The van der Waals surface area contributed by atoms with E-state index in [-0.39, 0.29) is 22.8 Å². The largest absolute Gasteiger partial charge is 0.383 e. The van der Waals surface area contributed by atoms with Crippen LogP contribution in [-0.2, 0) is 4.79 Å². The van der Waals surface area contributed by atoms with Crippen LogP contribution in [0.25, 0.3) is 0 Å². The van der Waals surface area contributed by atoms with E-state index in [0.29, 0.717) is 11.6 Å². The van der Waals surface area contributed by atoms with E-state index in [1.54, 1.807) is 4.90 Å². The van der Waals surface area contributed by atoms with Crippen molar-refractivity contribution < 1.29 is 4.79 Å². The van der Waals surface area contributed by atoms with Crippen molar-refractivity contribution in [2.24, 2.45) is 0 Å². The number of carbonyl (C=O) groups excluding carboxylic acids is 1. The van der Waals surface area contributed by atoms with Gasteiger partial charge in [-0.3, -0.25) is 9.69 Å². The molecule has 0 bridgehead atoms. The molecule has 2 aromatic carbocycles. The maximum absolute atomic E-state index is 13.4. The quantitative estimate of drug-likeness (QED) is 0.498. The zero-order chi connectivity index (χ0) is 19.2. The molecule has 0 aliphatic rings. The number of anilines is 4. The summed E-state index contributed by atoms with van der Waals surface area (Å²) in [6.07, 6.45) is 0.609. The van der Waals surface area contributed by atoms with Crippen LogP contribution in [0.1, 0.15) is 13.3 Å². The molecule has 0 saturated carbocycles. The average molecular weight is 379 g/mol. The van der Waals surface area contributed by atoms with Gasteiger partial charge in [0.2, 0.25) is 5.91 Å². The Hall–Kier alpha value is -3.06.